The Morgan fingerprint density at radius 1 is 1.44 bits per heavy atom. The molecule has 5 nitrogen and oxygen atoms in total. The van der Waals surface area contributed by atoms with Gasteiger partial charge < -0.3 is 10.4 Å². The summed E-state index contributed by atoms with van der Waals surface area (Å²) in [5.41, 5.74) is 2.37. The Kier molecular flexibility index (Phi) is 2.52. The lowest BCUT2D eigenvalue weighted by molar-refractivity contribution is -0.114. The molecule has 0 unspecified atom stereocenters. The van der Waals surface area contributed by atoms with Crippen LogP contribution in [0.25, 0.3) is 0 Å². The van der Waals surface area contributed by atoms with Crippen molar-refractivity contribution in [3.05, 3.63) is 23.8 Å². The van der Waals surface area contributed by atoms with Gasteiger partial charge in [0.25, 0.3) is 0 Å². The highest BCUT2D eigenvalue weighted by molar-refractivity contribution is 5.92. The van der Waals surface area contributed by atoms with Gasteiger partial charge in [-0.05, 0) is 30.2 Å². The second kappa shape index (κ2) is 3.84. The van der Waals surface area contributed by atoms with Crippen LogP contribution in [0.5, 0.6) is 0 Å². The molecule has 0 aliphatic carbocycles. The molecule has 1 aliphatic heterocycles. The normalized spacial score (nSPS) is 13.4. The summed E-state index contributed by atoms with van der Waals surface area (Å²) >= 11 is 0. The number of hydrogen-bond donors (Lipinski definition) is 2. The fourth-order valence-corrected chi connectivity index (χ4v) is 1.88. The first-order chi connectivity index (χ1) is 7.58. The molecule has 1 aromatic rings. The average molecular weight is 220 g/mol. The Hall–Kier alpha value is -2.04. The van der Waals surface area contributed by atoms with E-state index in [2.05, 4.69) is 5.32 Å². The molecule has 16 heavy (non-hydrogen) atoms. The van der Waals surface area contributed by atoms with Crippen molar-refractivity contribution < 1.29 is 14.7 Å². The first kappa shape index (κ1) is 10.5. The van der Waals surface area contributed by atoms with Gasteiger partial charge in [-0.2, -0.15) is 0 Å². The van der Waals surface area contributed by atoms with Crippen molar-refractivity contribution in [2.24, 2.45) is 0 Å². The molecule has 1 heterocycles. The quantitative estimate of drug-likeness (QED) is 0.756. The van der Waals surface area contributed by atoms with E-state index in [0.29, 0.717) is 24.3 Å². The van der Waals surface area contributed by atoms with E-state index in [-0.39, 0.29) is 5.91 Å². The van der Waals surface area contributed by atoms with Gasteiger partial charge in [0.15, 0.2) is 0 Å². The number of amides is 2. The average Bonchev–Trinajstić information content (AvgIpc) is 2.59. The number of hydrogen-bond acceptors (Lipinski definition) is 2. The van der Waals surface area contributed by atoms with E-state index in [9.17, 15) is 9.59 Å². The predicted octanol–water partition coefficient (Wildman–Crippen LogP) is 1.69. The third-order valence-corrected chi connectivity index (χ3v) is 2.53. The number of nitrogens with one attached hydrogen (secondary N) is 1. The van der Waals surface area contributed by atoms with Crippen molar-refractivity contribution >= 4 is 23.4 Å². The van der Waals surface area contributed by atoms with Crippen molar-refractivity contribution in [3.8, 4) is 0 Å². The van der Waals surface area contributed by atoms with Crippen LogP contribution in [0.3, 0.4) is 0 Å². The standard InChI is InChI=1S/C11H12N2O3/c1-7(14)12-9-2-3-10-8(6-9)4-5-13(10)11(15)16/h2-3,6H,4-5H2,1H3,(H,12,14)(H,15,16). The van der Waals surface area contributed by atoms with Crippen molar-refractivity contribution in [1.29, 1.82) is 0 Å². The second-order valence-corrected chi connectivity index (χ2v) is 3.71. The lowest BCUT2D eigenvalue weighted by Crippen LogP contribution is -2.26. The molecular formula is C11H12N2O3. The maximum absolute atomic E-state index is 10.9. The zero-order chi connectivity index (χ0) is 11.7. The summed E-state index contributed by atoms with van der Waals surface area (Å²) < 4.78 is 0. The van der Waals surface area contributed by atoms with Gasteiger partial charge in [0.2, 0.25) is 5.91 Å². The van der Waals surface area contributed by atoms with E-state index in [1.165, 1.54) is 11.8 Å². The Morgan fingerprint density at radius 3 is 2.81 bits per heavy atom. The van der Waals surface area contributed by atoms with Crippen LogP contribution in [0.15, 0.2) is 18.2 Å². The molecule has 5 heteroatoms. The number of rotatable bonds is 1. The van der Waals surface area contributed by atoms with Crippen LogP contribution < -0.4 is 10.2 Å². The minimum atomic E-state index is -0.939. The third-order valence-electron chi connectivity index (χ3n) is 2.53. The smallest absolute Gasteiger partial charge is 0.411 e. The van der Waals surface area contributed by atoms with Crippen LogP contribution >= 0.6 is 0 Å². The molecule has 0 saturated carbocycles. The second-order valence-electron chi connectivity index (χ2n) is 3.71. The van der Waals surface area contributed by atoms with Crippen LogP contribution in [-0.4, -0.2) is 23.7 Å². The van der Waals surface area contributed by atoms with Gasteiger partial charge in [0.1, 0.15) is 0 Å². The van der Waals surface area contributed by atoms with Crippen LogP contribution in [0.4, 0.5) is 16.2 Å². The van der Waals surface area contributed by atoms with Gasteiger partial charge in [0, 0.05) is 19.2 Å². The number of fused-ring (bicyclic) bond motifs is 1. The van der Waals surface area contributed by atoms with E-state index < -0.39 is 6.09 Å². The molecule has 0 aromatic heterocycles. The molecule has 2 amide bonds. The third kappa shape index (κ3) is 1.84. The summed E-state index contributed by atoms with van der Waals surface area (Å²) in [6.45, 7) is 1.92. The topological polar surface area (TPSA) is 69.6 Å². The highest BCUT2D eigenvalue weighted by Crippen LogP contribution is 2.30. The van der Waals surface area contributed by atoms with E-state index in [4.69, 9.17) is 5.11 Å². The predicted molar refractivity (Wildman–Crippen MR) is 59.8 cm³/mol. The molecule has 0 radical (unpaired) electrons. The summed E-state index contributed by atoms with van der Waals surface area (Å²) in [5.74, 6) is -0.131. The largest absolute Gasteiger partial charge is 0.465 e. The van der Waals surface area contributed by atoms with Crippen molar-refractivity contribution in [1.82, 2.24) is 0 Å². The summed E-state index contributed by atoms with van der Waals surface area (Å²) in [4.78, 5) is 23.1. The fraction of sp³-hybridized carbons (Fsp3) is 0.273. The summed E-state index contributed by atoms with van der Waals surface area (Å²) in [6, 6.07) is 5.25. The maximum atomic E-state index is 10.9. The molecule has 0 fully saturated rings. The molecule has 2 rings (SSSR count). The zero-order valence-electron chi connectivity index (χ0n) is 8.86. The molecule has 84 valence electrons. The molecule has 0 atom stereocenters. The lowest BCUT2D eigenvalue weighted by Gasteiger charge is -2.12. The Balaban J connectivity index is 2.29. The minimum absolute atomic E-state index is 0.131. The van der Waals surface area contributed by atoms with Crippen molar-refractivity contribution in [3.63, 3.8) is 0 Å². The van der Waals surface area contributed by atoms with Crippen LogP contribution in [0.2, 0.25) is 0 Å². The van der Waals surface area contributed by atoms with E-state index in [1.54, 1.807) is 12.1 Å². The molecule has 0 bridgehead atoms. The van der Waals surface area contributed by atoms with E-state index in [1.807, 2.05) is 6.07 Å². The van der Waals surface area contributed by atoms with Gasteiger partial charge in [-0.3, -0.25) is 9.69 Å². The number of carboxylic acid groups (broad SMARTS) is 1. The molecule has 2 N–H and O–H groups in total. The van der Waals surface area contributed by atoms with Gasteiger partial charge >= 0.3 is 6.09 Å². The summed E-state index contributed by atoms with van der Waals surface area (Å²) in [5, 5.41) is 11.6. The number of carbonyl (C=O) groups is 2. The van der Waals surface area contributed by atoms with E-state index >= 15 is 0 Å². The van der Waals surface area contributed by atoms with Crippen molar-refractivity contribution in [2.75, 3.05) is 16.8 Å². The first-order valence-electron chi connectivity index (χ1n) is 4.99. The van der Waals surface area contributed by atoms with Crippen LogP contribution in [-0.2, 0) is 11.2 Å². The highest BCUT2D eigenvalue weighted by atomic mass is 16.4. The van der Waals surface area contributed by atoms with Crippen molar-refractivity contribution in [2.45, 2.75) is 13.3 Å². The van der Waals surface area contributed by atoms with E-state index in [0.717, 1.165) is 5.56 Å². The number of carbonyl (C=O) groups excluding carboxylic acids is 1. The molecule has 0 saturated heterocycles. The number of anilines is 2. The molecular weight excluding hydrogens is 208 g/mol. The highest BCUT2D eigenvalue weighted by Gasteiger charge is 2.24. The Labute approximate surface area is 92.7 Å². The minimum Gasteiger partial charge on any atom is -0.465 e. The number of benzene rings is 1. The van der Waals surface area contributed by atoms with Crippen LogP contribution in [0.1, 0.15) is 12.5 Å². The molecule has 1 aromatic carbocycles. The maximum Gasteiger partial charge on any atom is 0.411 e. The Bertz CT molecular complexity index is 457. The number of nitrogens with zero attached hydrogens (tertiary/aromatic N) is 1. The zero-order valence-corrected chi connectivity index (χ0v) is 8.86. The lowest BCUT2D eigenvalue weighted by atomic mass is 10.1. The fourth-order valence-electron chi connectivity index (χ4n) is 1.88. The Morgan fingerprint density at radius 2 is 2.19 bits per heavy atom. The summed E-state index contributed by atoms with van der Waals surface area (Å²) in [7, 11) is 0. The molecule has 1 aliphatic rings. The van der Waals surface area contributed by atoms with Gasteiger partial charge in [-0.15, -0.1) is 0 Å². The van der Waals surface area contributed by atoms with Gasteiger partial charge in [-0.25, -0.2) is 4.79 Å². The van der Waals surface area contributed by atoms with Gasteiger partial charge in [0.05, 0.1) is 5.69 Å². The summed E-state index contributed by atoms with van der Waals surface area (Å²) in [6.07, 6.45) is -0.249. The first-order valence-corrected chi connectivity index (χ1v) is 4.99. The van der Waals surface area contributed by atoms with Gasteiger partial charge in [-0.1, -0.05) is 0 Å². The SMILES string of the molecule is CC(=O)Nc1ccc2c(c1)CCN2C(=O)O. The molecule has 0 spiro atoms. The monoisotopic (exact) mass is 220 g/mol. The van der Waals surface area contributed by atoms with Crippen LogP contribution in [0, 0.1) is 0 Å².